The maximum atomic E-state index is 12.7. The van der Waals surface area contributed by atoms with Gasteiger partial charge in [-0.1, -0.05) is 42.5 Å². The van der Waals surface area contributed by atoms with Gasteiger partial charge in [0.2, 0.25) is 0 Å². The third-order valence-corrected chi connectivity index (χ3v) is 4.32. The SMILES string of the molecule is CCOCCOCCOc1cc(C(=O)Nc2ccccc2)c(O)c2ccccc12. The van der Waals surface area contributed by atoms with Crippen molar-refractivity contribution in [3.8, 4) is 11.5 Å². The number of anilines is 1. The number of carbonyl (C=O) groups is 1. The van der Waals surface area contributed by atoms with E-state index in [9.17, 15) is 9.90 Å². The first-order valence-electron chi connectivity index (χ1n) is 9.60. The summed E-state index contributed by atoms with van der Waals surface area (Å²) in [6.45, 7) is 4.35. The molecule has 0 saturated carbocycles. The fourth-order valence-corrected chi connectivity index (χ4v) is 2.91. The number of ether oxygens (including phenoxy) is 3. The van der Waals surface area contributed by atoms with E-state index in [2.05, 4.69) is 5.32 Å². The van der Waals surface area contributed by atoms with Crippen LogP contribution in [0.25, 0.3) is 10.8 Å². The van der Waals surface area contributed by atoms with Crippen molar-refractivity contribution in [1.82, 2.24) is 0 Å². The Bertz CT molecular complexity index is 943. The van der Waals surface area contributed by atoms with Gasteiger partial charge in [0.15, 0.2) is 0 Å². The molecule has 2 N–H and O–H groups in total. The first-order valence-corrected chi connectivity index (χ1v) is 9.60. The summed E-state index contributed by atoms with van der Waals surface area (Å²) in [7, 11) is 0. The van der Waals surface area contributed by atoms with E-state index >= 15 is 0 Å². The van der Waals surface area contributed by atoms with Crippen LogP contribution in [-0.2, 0) is 9.47 Å². The molecular weight excluding hydrogens is 370 g/mol. The van der Waals surface area contributed by atoms with Crippen LogP contribution in [0.15, 0.2) is 60.7 Å². The number of phenols is 1. The number of para-hydroxylation sites is 1. The summed E-state index contributed by atoms with van der Waals surface area (Å²) in [5, 5.41) is 14.7. The molecule has 0 spiro atoms. The van der Waals surface area contributed by atoms with E-state index in [4.69, 9.17) is 14.2 Å². The number of amides is 1. The normalized spacial score (nSPS) is 10.8. The van der Waals surface area contributed by atoms with Crippen LogP contribution in [0.2, 0.25) is 0 Å². The fraction of sp³-hybridized carbons (Fsp3) is 0.261. The summed E-state index contributed by atoms with van der Waals surface area (Å²) >= 11 is 0. The molecule has 0 atom stereocenters. The van der Waals surface area contributed by atoms with Crippen molar-refractivity contribution < 1.29 is 24.1 Å². The van der Waals surface area contributed by atoms with Gasteiger partial charge in [-0.3, -0.25) is 4.79 Å². The number of nitrogens with one attached hydrogen (secondary N) is 1. The molecule has 0 aliphatic carbocycles. The molecular formula is C23H25NO5. The monoisotopic (exact) mass is 395 g/mol. The van der Waals surface area contributed by atoms with Crippen molar-refractivity contribution >= 4 is 22.4 Å². The van der Waals surface area contributed by atoms with Gasteiger partial charge in [0.25, 0.3) is 5.91 Å². The maximum absolute atomic E-state index is 12.7. The zero-order valence-electron chi connectivity index (χ0n) is 16.4. The average Bonchev–Trinajstić information content (AvgIpc) is 2.75. The van der Waals surface area contributed by atoms with E-state index in [0.717, 1.165) is 5.39 Å². The van der Waals surface area contributed by atoms with Crippen molar-refractivity contribution in [2.45, 2.75) is 6.92 Å². The number of rotatable bonds is 10. The summed E-state index contributed by atoms with van der Waals surface area (Å²) in [6, 6.07) is 17.9. The Kier molecular flexibility index (Phi) is 7.44. The summed E-state index contributed by atoms with van der Waals surface area (Å²) < 4.78 is 16.6. The molecule has 0 fully saturated rings. The second kappa shape index (κ2) is 10.5. The van der Waals surface area contributed by atoms with Gasteiger partial charge in [0, 0.05) is 23.1 Å². The minimum atomic E-state index is -0.405. The van der Waals surface area contributed by atoms with Gasteiger partial charge in [-0.2, -0.15) is 0 Å². The van der Waals surface area contributed by atoms with E-state index in [0.29, 0.717) is 49.9 Å². The third kappa shape index (κ3) is 5.47. The lowest BCUT2D eigenvalue weighted by Crippen LogP contribution is -2.14. The van der Waals surface area contributed by atoms with Gasteiger partial charge < -0.3 is 24.6 Å². The average molecular weight is 395 g/mol. The Balaban J connectivity index is 1.76. The van der Waals surface area contributed by atoms with Gasteiger partial charge in [0.1, 0.15) is 18.1 Å². The molecule has 0 heterocycles. The zero-order valence-corrected chi connectivity index (χ0v) is 16.4. The minimum Gasteiger partial charge on any atom is -0.506 e. The molecule has 0 bridgehead atoms. The Labute approximate surface area is 170 Å². The molecule has 3 aromatic rings. The van der Waals surface area contributed by atoms with Crippen LogP contribution < -0.4 is 10.1 Å². The topological polar surface area (TPSA) is 77.0 Å². The number of hydrogen-bond acceptors (Lipinski definition) is 5. The summed E-state index contributed by atoms with van der Waals surface area (Å²) in [6.07, 6.45) is 0. The molecule has 0 aliphatic rings. The zero-order chi connectivity index (χ0) is 20.5. The molecule has 3 aromatic carbocycles. The summed E-state index contributed by atoms with van der Waals surface area (Å²) in [5.41, 5.74) is 0.801. The standard InChI is InChI=1S/C23H25NO5/c1-2-27-12-13-28-14-15-29-21-16-20(22(25)19-11-7-6-10-18(19)21)23(26)24-17-8-4-3-5-9-17/h3-11,16,25H,2,12-15H2,1H3,(H,24,26). The van der Waals surface area contributed by atoms with Crippen LogP contribution in [0.4, 0.5) is 5.69 Å². The summed E-state index contributed by atoms with van der Waals surface area (Å²) in [5.74, 6) is 0.0385. The number of benzene rings is 3. The van der Waals surface area contributed by atoms with E-state index in [-0.39, 0.29) is 11.3 Å². The van der Waals surface area contributed by atoms with Crippen LogP contribution in [-0.4, -0.2) is 44.0 Å². The minimum absolute atomic E-state index is 0.0747. The molecule has 0 unspecified atom stereocenters. The molecule has 6 heteroatoms. The lowest BCUT2D eigenvalue weighted by molar-refractivity contribution is 0.0406. The van der Waals surface area contributed by atoms with Gasteiger partial charge in [0.05, 0.1) is 25.4 Å². The van der Waals surface area contributed by atoms with Gasteiger partial charge >= 0.3 is 0 Å². The molecule has 0 aromatic heterocycles. The Morgan fingerprint density at radius 1 is 0.897 bits per heavy atom. The first-order chi connectivity index (χ1) is 14.2. The molecule has 0 aliphatic heterocycles. The van der Waals surface area contributed by atoms with E-state index in [1.807, 2.05) is 43.3 Å². The quantitative estimate of drug-likeness (QED) is 0.503. The largest absolute Gasteiger partial charge is 0.506 e. The van der Waals surface area contributed by atoms with Crippen molar-refractivity contribution in [3.63, 3.8) is 0 Å². The van der Waals surface area contributed by atoms with Crippen LogP contribution >= 0.6 is 0 Å². The van der Waals surface area contributed by atoms with E-state index in [1.165, 1.54) is 0 Å². The smallest absolute Gasteiger partial charge is 0.259 e. The van der Waals surface area contributed by atoms with Gasteiger partial charge in [-0.15, -0.1) is 0 Å². The van der Waals surface area contributed by atoms with Crippen molar-refractivity contribution in [2.75, 3.05) is 38.4 Å². The van der Waals surface area contributed by atoms with Crippen LogP contribution in [0.1, 0.15) is 17.3 Å². The predicted molar refractivity (Wildman–Crippen MR) is 113 cm³/mol. The Hall–Kier alpha value is -3.09. The second-order valence-electron chi connectivity index (χ2n) is 6.29. The van der Waals surface area contributed by atoms with Crippen LogP contribution in [0.3, 0.4) is 0 Å². The molecule has 6 nitrogen and oxygen atoms in total. The van der Waals surface area contributed by atoms with E-state index < -0.39 is 5.91 Å². The molecule has 29 heavy (non-hydrogen) atoms. The van der Waals surface area contributed by atoms with Crippen molar-refractivity contribution in [1.29, 1.82) is 0 Å². The fourth-order valence-electron chi connectivity index (χ4n) is 2.91. The maximum Gasteiger partial charge on any atom is 0.259 e. The molecule has 0 saturated heterocycles. The number of hydrogen-bond donors (Lipinski definition) is 2. The predicted octanol–water partition coefficient (Wildman–Crippen LogP) is 4.23. The first kappa shape index (κ1) is 20.6. The van der Waals surface area contributed by atoms with Crippen molar-refractivity contribution in [3.05, 3.63) is 66.2 Å². The molecule has 1 amide bonds. The molecule has 3 rings (SSSR count). The molecule has 0 radical (unpaired) electrons. The number of carbonyl (C=O) groups excluding carboxylic acids is 1. The van der Waals surface area contributed by atoms with Crippen LogP contribution in [0.5, 0.6) is 11.5 Å². The lowest BCUT2D eigenvalue weighted by atomic mass is 10.0. The highest BCUT2D eigenvalue weighted by Gasteiger charge is 2.18. The van der Waals surface area contributed by atoms with Crippen LogP contribution in [0, 0.1) is 0 Å². The highest BCUT2D eigenvalue weighted by atomic mass is 16.5. The highest BCUT2D eigenvalue weighted by Crippen LogP contribution is 2.36. The highest BCUT2D eigenvalue weighted by molar-refractivity contribution is 6.11. The second-order valence-corrected chi connectivity index (χ2v) is 6.29. The lowest BCUT2D eigenvalue weighted by Gasteiger charge is -2.14. The van der Waals surface area contributed by atoms with E-state index in [1.54, 1.807) is 24.3 Å². The number of aromatic hydroxyl groups is 1. The Morgan fingerprint density at radius 2 is 1.55 bits per heavy atom. The van der Waals surface area contributed by atoms with Gasteiger partial charge in [-0.25, -0.2) is 0 Å². The Morgan fingerprint density at radius 3 is 2.31 bits per heavy atom. The third-order valence-electron chi connectivity index (χ3n) is 4.32. The number of phenolic OH excluding ortho intramolecular Hbond substituents is 1. The molecule has 152 valence electrons. The summed E-state index contributed by atoms with van der Waals surface area (Å²) in [4.78, 5) is 12.7. The number of fused-ring (bicyclic) bond motifs is 1. The van der Waals surface area contributed by atoms with Crippen molar-refractivity contribution in [2.24, 2.45) is 0 Å². The van der Waals surface area contributed by atoms with Gasteiger partial charge in [-0.05, 0) is 25.1 Å².